The summed E-state index contributed by atoms with van der Waals surface area (Å²) in [6.07, 6.45) is 3.67. The molecule has 1 aliphatic rings. The Hall–Kier alpha value is -4.40. The van der Waals surface area contributed by atoms with Crippen LogP contribution in [-0.2, 0) is 38.4 Å². The molecule has 9 nitrogen and oxygen atoms in total. The summed E-state index contributed by atoms with van der Waals surface area (Å²) in [7, 11) is 3.14. The van der Waals surface area contributed by atoms with Crippen molar-refractivity contribution < 1.29 is 23.6 Å². The van der Waals surface area contributed by atoms with Crippen LogP contribution >= 0.6 is 0 Å². The van der Waals surface area contributed by atoms with Gasteiger partial charge in [-0.05, 0) is 28.7 Å². The molecule has 4 amide bonds. The summed E-state index contributed by atoms with van der Waals surface area (Å²) in [5.74, 6) is -1.93. The highest BCUT2D eigenvalue weighted by molar-refractivity contribution is 5.97. The molecule has 1 fully saturated rings. The zero-order valence-corrected chi connectivity index (χ0v) is 23.9. The zero-order chi connectivity index (χ0) is 29.5. The molecule has 1 aliphatic heterocycles. The normalized spacial score (nSPS) is 22.7. The summed E-state index contributed by atoms with van der Waals surface area (Å²) in [6, 6.07) is 16.8. The maximum Gasteiger partial charge on any atom is 0.245 e. The van der Waals surface area contributed by atoms with Gasteiger partial charge in [0.05, 0.1) is 12.5 Å². The molecule has 216 valence electrons. The minimum atomic E-state index is -0.988. The largest absolute Gasteiger partial charge is 0.472 e. The van der Waals surface area contributed by atoms with Crippen molar-refractivity contribution >= 4 is 23.6 Å². The highest BCUT2D eigenvalue weighted by Crippen LogP contribution is 2.18. The van der Waals surface area contributed by atoms with Crippen LogP contribution < -0.4 is 10.6 Å². The summed E-state index contributed by atoms with van der Waals surface area (Å²) < 4.78 is 5.21. The van der Waals surface area contributed by atoms with Gasteiger partial charge in [-0.15, -0.1) is 0 Å². The van der Waals surface area contributed by atoms with Gasteiger partial charge in [0.2, 0.25) is 23.6 Å². The lowest BCUT2D eigenvalue weighted by Gasteiger charge is -2.37. The van der Waals surface area contributed by atoms with Gasteiger partial charge in [-0.3, -0.25) is 19.2 Å². The fourth-order valence-corrected chi connectivity index (χ4v) is 5.13. The number of hydrogen-bond acceptors (Lipinski definition) is 5. The fourth-order valence-electron chi connectivity index (χ4n) is 5.13. The van der Waals surface area contributed by atoms with E-state index in [1.54, 1.807) is 20.2 Å². The number of likely N-dealkylation sites (N-methyl/N-ethyl adjacent to an activating group) is 2. The van der Waals surface area contributed by atoms with E-state index >= 15 is 0 Å². The molecule has 1 saturated heterocycles. The van der Waals surface area contributed by atoms with Crippen molar-refractivity contribution in [3.63, 3.8) is 0 Å². The van der Waals surface area contributed by atoms with Gasteiger partial charge in [0, 0.05) is 33.4 Å². The van der Waals surface area contributed by atoms with E-state index in [2.05, 4.69) is 10.6 Å². The van der Waals surface area contributed by atoms with Crippen LogP contribution in [0.3, 0.4) is 0 Å². The first-order chi connectivity index (χ1) is 19.7. The summed E-state index contributed by atoms with van der Waals surface area (Å²) in [4.78, 5) is 58.4. The van der Waals surface area contributed by atoms with Crippen molar-refractivity contribution in [3.05, 3.63) is 95.9 Å². The number of nitrogens with zero attached hydrogens (tertiary/aromatic N) is 2. The Morgan fingerprint density at radius 2 is 1.20 bits per heavy atom. The molecule has 0 bridgehead atoms. The first kappa shape index (κ1) is 29.6. The molecule has 2 N–H and O–H groups in total. The monoisotopic (exact) mass is 558 g/mol. The van der Waals surface area contributed by atoms with Crippen LogP contribution in [-0.4, -0.2) is 71.7 Å². The average molecular weight is 559 g/mol. The lowest BCUT2D eigenvalue weighted by atomic mass is 9.96. The number of hydrogen-bond donors (Lipinski definition) is 2. The summed E-state index contributed by atoms with van der Waals surface area (Å²) in [5, 5.41) is 5.85. The van der Waals surface area contributed by atoms with Crippen molar-refractivity contribution in [3.8, 4) is 0 Å². The minimum Gasteiger partial charge on any atom is -0.472 e. The maximum absolute atomic E-state index is 14.0. The number of benzene rings is 2. The number of rotatable bonds is 7. The third-order valence-electron chi connectivity index (χ3n) is 7.64. The number of carbonyl (C=O) groups excluding carboxylic acids is 4. The van der Waals surface area contributed by atoms with Crippen molar-refractivity contribution in [1.82, 2.24) is 20.4 Å². The van der Waals surface area contributed by atoms with Crippen molar-refractivity contribution in [2.75, 3.05) is 14.1 Å². The van der Waals surface area contributed by atoms with Crippen LogP contribution in [0.4, 0.5) is 0 Å². The number of furan rings is 1. The van der Waals surface area contributed by atoms with E-state index in [1.165, 1.54) is 22.3 Å². The van der Waals surface area contributed by atoms with Gasteiger partial charge in [0.25, 0.3) is 0 Å². The van der Waals surface area contributed by atoms with E-state index in [1.807, 2.05) is 74.5 Å². The van der Waals surface area contributed by atoms with Crippen LogP contribution in [0, 0.1) is 5.92 Å². The van der Waals surface area contributed by atoms with Crippen molar-refractivity contribution in [2.24, 2.45) is 5.92 Å². The predicted molar refractivity (Wildman–Crippen MR) is 155 cm³/mol. The van der Waals surface area contributed by atoms with E-state index in [9.17, 15) is 19.2 Å². The Morgan fingerprint density at radius 3 is 1.68 bits per heavy atom. The number of nitrogens with one attached hydrogen (secondary N) is 2. The topological polar surface area (TPSA) is 112 Å². The molecule has 4 unspecified atom stereocenters. The standard InChI is InChI=1S/C32H38N4O5/c1-21(2)28-32(40)36(4)26(18-22-11-7-5-8-12-22)29(37)33-25(17-24-15-16-41-20-24)31(39)35(3)27(30(38)34-28)19-23-13-9-6-10-14-23/h5-16,20-21,25-28H,17-19H2,1-4H3,(H,33,37)(H,34,38). The SMILES string of the molecule is CC(C)C1NC(=O)C(Cc2ccccc2)N(C)C(=O)C(Cc2ccoc2)NC(=O)C(Cc2ccccc2)N(C)C1=O. The van der Waals surface area contributed by atoms with Gasteiger partial charge in [0.1, 0.15) is 24.2 Å². The second-order valence-corrected chi connectivity index (χ2v) is 10.9. The smallest absolute Gasteiger partial charge is 0.245 e. The molecule has 9 heteroatoms. The molecule has 41 heavy (non-hydrogen) atoms. The molecule has 4 atom stereocenters. The highest BCUT2D eigenvalue weighted by atomic mass is 16.3. The average Bonchev–Trinajstić information content (AvgIpc) is 3.49. The molecule has 0 spiro atoms. The van der Waals surface area contributed by atoms with Gasteiger partial charge in [-0.2, -0.15) is 0 Å². The van der Waals surface area contributed by atoms with Gasteiger partial charge in [-0.25, -0.2) is 0 Å². The molecule has 3 aromatic rings. The predicted octanol–water partition coefficient (Wildman–Crippen LogP) is 2.60. The quantitative estimate of drug-likeness (QED) is 0.463. The number of carbonyl (C=O) groups is 4. The first-order valence-electron chi connectivity index (χ1n) is 13.9. The molecule has 0 radical (unpaired) electrons. The number of amides is 4. The van der Waals surface area contributed by atoms with Crippen molar-refractivity contribution in [2.45, 2.75) is 57.3 Å². The van der Waals surface area contributed by atoms with Gasteiger partial charge in [-0.1, -0.05) is 74.5 Å². The first-order valence-corrected chi connectivity index (χ1v) is 13.9. The second-order valence-electron chi connectivity index (χ2n) is 10.9. The summed E-state index contributed by atoms with van der Waals surface area (Å²) >= 11 is 0. The Kier molecular flexibility index (Phi) is 9.60. The van der Waals surface area contributed by atoms with E-state index in [0.29, 0.717) is 0 Å². The Balaban J connectivity index is 1.76. The van der Waals surface area contributed by atoms with Gasteiger partial charge >= 0.3 is 0 Å². The lowest BCUT2D eigenvalue weighted by molar-refractivity contribution is -0.148. The van der Waals surface area contributed by atoms with E-state index in [4.69, 9.17) is 4.42 Å². The molecule has 2 heterocycles. The minimum absolute atomic E-state index is 0.162. The van der Waals surface area contributed by atoms with Gasteiger partial charge in [0.15, 0.2) is 0 Å². The van der Waals surface area contributed by atoms with E-state index in [-0.39, 0.29) is 31.1 Å². The van der Waals surface area contributed by atoms with Crippen LogP contribution in [0.5, 0.6) is 0 Å². The molecule has 0 aliphatic carbocycles. The maximum atomic E-state index is 14.0. The molecular weight excluding hydrogens is 520 g/mol. The van der Waals surface area contributed by atoms with Crippen molar-refractivity contribution in [1.29, 1.82) is 0 Å². The fraction of sp³-hybridized carbons (Fsp3) is 0.375. The Bertz CT molecular complexity index is 1290. The molecule has 1 aromatic heterocycles. The lowest BCUT2D eigenvalue weighted by Crippen LogP contribution is -2.63. The van der Waals surface area contributed by atoms with Crippen LogP contribution in [0.25, 0.3) is 0 Å². The third-order valence-corrected chi connectivity index (χ3v) is 7.64. The molecule has 0 saturated carbocycles. The van der Waals surface area contributed by atoms with E-state index < -0.39 is 41.9 Å². The van der Waals surface area contributed by atoms with Crippen LogP contribution in [0.1, 0.15) is 30.5 Å². The Morgan fingerprint density at radius 1 is 0.683 bits per heavy atom. The summed E-state index contributed by atoms with van der Waals surface area (Å²) in [6.45, 7) is 3.69. The Labute approximate surface area is 240 Å². The van der Waals surface area contributed by atoms with E-state index in [0.717, 1.165) is 16.7 Å². The molecular formula is C32H38N4O5. The third kappa shape index (κ3) is 7.22. The second kappa shape index (κ2) is 13.3. The molecule has 2 aromatic carbocycles. The summed E-state index contributed by atoms with van der Waals surface area (Å²) in [5.41, 5.74) is 2.45. The molecule has 4 rings (SSSR count). The van der Waals surface area contributed by atoms with Gasteiger partial charge < -0.3 is 24.9 Å². The van der Waals surface area contributed by atoms with Crippen LogP contribution in [0.15, 0.2) is 83.7 Å². The van der Waals surface area contributed by atoms with Crippen LogP contribution in [0.2, 0.25) is 0 Å². The highest BCUT2D eigenvalue weighted by Gasteiger charge is 2.40. The zero-order valence-electron chi connectivity index (χ0n) is 23.9.